The van der Waals surface area contributed by atoms with Crippen molar-refractivity contribution in [1.29, 1.82) is 0 Å². The van der Waals surface area contributed by atoms with Crippen LogP contribution in [-0.4, -0.2) is 33.8 Å². The van der Waals surface area contributed by atoms with E-state index in [0.717, 1.165) is 0 Å². The molecule has 1 aromatic heterocycles. The van der Waals surface area contributed by atoms with Crippen molar-refractivity contribution in [2.75, 3.05) is 7.11 Å². The molecule has 1 amide bonds. The molecule has 2 heterocycles. The topological polar surface area (TPSA) is 79.7 Å². The lowest BCUT2D eigenvalue weighted by Crippen LogP contribution is -2.29. The highest BCUT2D eigenvalue weighted by Crippen LogP contribution is 2.44. The second-order valence-electron chi connectivity index (χ2n) is 7.39. The van der Waals surface area contributed by atoms with Crippen LogP contribution in [0, 0.1) is 0 Å². The highest BCUT2D eigenvalue weighted by molar-refractivity contribution is 6.47. The molecular weight excluding hydrogens is 522 g/mol. The molecule has 0 saturated carbocycles. The predicted molar refractivity (Wildman–Crippen MR) is 132 cm³/mol. The van der Waals surface area contributed by atoms with Gasteiger partial charge >= 0.3 is 0 Å². The summed E-state index contributed by atoms with van der Waals surface area (Å²) in [6.07, 6.45) is 1.58. The van der Waals surface area contributed by atoms with Crippen molar-refractivity contribution in [2.24, 2.45) is 0 Å². The maximum absolute atomic E-state index is 13.2. The van der Waals surface area contributed by atoms with Gasteiger partial charge in [-0.25, -0.2) is 0 Å². The molecule has 34 heavy (non-hydrogen) atoms. The molecule has 6 nitrogen and oxygen atoms in total. The van der Waals surface area contributed by atoms with E-state index in [4.69, 9.17) is 51.1 Å². The fourth-order valence-electron chi connectivity index (χ4n) is 3.83. The quantitative estimate of drug-likeness (QED) is 0.234. The van der Waals surface area contributed by atoms with Gasteiger partial charge in [0.05, 0.1) is 51.6 Å². The molecule has 1 atom stereocenters. The number of methoxy groups -OCH3 is 1. The van der Waals surface area contributed by atoms with Crippen LogP contribution in [0.25, 0.3) is 5.76 Å². The number of amides is 1. The van der Waals surface area contributed by atoms with Gasteiger partial charge in [-0.15, -0.1) is 0 Å². The zero-order valence-corrected chi connectivity index (χ0v) is 20.6. The molecule has 0 spiro atoms. The summed E-state index contributed by atoms with van der Waals surface area (Å²) < 4.78 is 5.33. The van der Waals surface area contributed by atoms with Crippen LogP contribution in [0.2, 0.25) is 20.1 Å². The third-order valence-corrected chi connectivity index (χ3v) is 6.56. The molecule has 1 saturated heterocycles. The molecule has 0 radical (unpaired) electrons. The van der Waals surface area contributed by atoms with Crippen LogP contribution >= 0.6 is 46.4 Å². The average Bonchev–Trinajstić information content (AvgIpc) is 3.05. The Morgan fingerprint density at radius 1 is 1.03 bits per heavy atom. The van der Waals surface area contributed by atoms with Crippen molar-refractivity contribution in [1.82, 2.24) is 9.88 Å². The van der Waals surface area contributed by atoms with E-state index < -0.39 is 23.5 Å². The summed E-state index contributed by atoms with van der Waals surface area (Å²) in [6.45, 7) is 0.0144. The normalized spacial score (nSPS) is 17.3. The summed E-state index contributed by atoms with van der Waals surface area (Å²) >= 11 is 24.7. The first-order chi connectivity index (χ1) is 16.2. The van der Waals surface area contributed by atoms with Crippen molar-refractivity contribution in [3.63, 3.8) is 0 Å². The summed E-state index contributed by atoms with van der Waals surface area (Å²) in [5, 5.41) is 12.2. The number of hydrogen-bond acceptors (Lipinski definition) is 5. The van der Waals surface area contributed by atoms with Crippen LogP contribution < -0.4 is 4.74 Å². The minimum absolute atomic E-state index is 0.0144. The molecule has 1 unspecified atom stereocenters. The number of aliphatic hydroxyl groups is 1. The molecule has 2 aromatic carbocycles. The number of rotatable bonds is 5. The fourth-order valence-corrected chi connectivity index (χ4v) is 4.70. The molecule has 1 N–H and O–H groups in total. The van der Waals surface area contributed by atoms with E-state index in [-0.39, 0.29) is 38.5 Å². The number of ketones is 1. The lowest BCUT2D eigenvalue weighted by molar-refractivity contribution is -0.140. The number of benzene rings is 2. The van der Waals surface area contributed by atoms with Crippen LogP contribution in [0.15, 0.2) is 60.3 Å². The molecule has 1 fully saturated rings. The first-order valence-electron chi connectivity index (χ1n) is 9.89. The molecule has 1 aliphatic rings. The van der Waals surface area contributed by atoms with Gasteiger partial charge in [-0.1, -0.05) is 58.5 Å². The monoisotopic (exact) mass is 536 g/mol. The lowest BCUT2D eigenvalue weighted by Gasteiger charge is -2.25. The van der Waals surface area contributed by atoms with Gasteiger partial charge in [0.15, 0.2) is 0 Å². The Morgan fingerprint density at radius 2 is 1.79 bits per heavy atom. The van der Waals surface area contributed by atoms with E-state index in [0.29, 0.717) is 16.3 Å². The Morgan fingerprint density at radius 3 is 2.44 bits per heavy atom. The molecule has 174 valence electrons. The Hall–Kier alpha value is -2.77. The van der Waals surface area contributed by atoms with Crippen molar-refractivity contribution < 1.29 is 19.4 Å². The predicted octanol–water partition coefficient (Wildman–Crippen LogP) is 6.33. The summed E-state index contributed by atoms with van der Waals surface area (Å²) in [4.78, 5) is 31.9. The number of halogens is 4. The molecule has 0 aliphatic carbocycles. The molecule has 10 heteroatoms. The Labute approximate surface area is 215 Å². The number of ether oxygens (including phenoxy) is 1. The highest BCUT2D eigenvalue weighted by atomic mass is 35.5. The highest BCUT2D eigenvalue weighted by Gasteiger charge is 2.46. The summed E-state index contributed by atoms with van der Waals surface area (Å²) in [6, 6.07) is 11.8. The minimum atomic E-state index is -0.987. The van der Waals surface area contributed by atoms with Crippen LogP contribution in [0.1, 0.15) is 22.9 Å². The number of pyridine rings is 1. The van der Waals surface area contributed by atoms with Gasteiger partial charge in [0.1, 0.15) is 11.5 Å². The van der Waals surface area contributed by atoms with Crippen LogP contribution in [0.3, 0.4) is 0 Å². The molecule has 3 aromatic rings. The Balaban J connectivity index is 1.95. The third kappa shape index (κ3) is 4.46. The van der Waals surface area contributed by atoms with Gasteiger partial charge in [-0.3, -0.25) is 14.6 Å². The van der Waals surface area contributed by atoms with Gasteiger partial charge < -0.3 is 14.7 Å². The number of nitrogens with zero attached hydrogens (tertiary/aromatic N) is 2. The van der Waals surface area contributed by atoms with E-state index in [9.17, 15) is 14.7 Å². The van der Waals surface area contributed by atoms with Gasteiger partial charge in [0, 0.05) is 11.2 Å². The Bertz CT molecular complexity index is 1330. The van der Waals surface area contributed by atoms with Crippen molar-refractivity contribution >= 4 is 63.9 Å². The minimum Gasteiger partial charge on any atom is -0.507 e. The zero-order chi connectivity index (χ0) is 24.6. The first-order valence-corrected chi connectivity index (χ1v) is 11.4. The number of Topliss-reactive ketones (excluding diaryl/α,β-unsaturated/α-hetero) is 1. The van der Waals surface area contributed by atoms with Gasteiger partial charge in [0.25, 0.3) is 11.7 Å². The SMILES string of the molecule is COc1c(Cl)cc(Cl)cc1/C(O)=C1\C(=O)C(=O)N(Cc2ccccn2)C1c1ccc(Cl)c(Cl)c1. The number of likely N-dealkylation sites (tertiary alicyclic amines) is 1. The average molecular weight is 538 g/mol. The Kier molecular flexibility index (Phi) is 7.05. The van der Waals surface area contributed by atoms with E-state index in [1.165, 1.54) is 24.1 Å². The summed E-state index contributed by atoms with van der Waals surface area (Å²) in [5.74, 6) is -2.08. The first kappa shape index (κ1) is 24.4. The second kappa shape index (κ2) is 9.84. The molecule has 4 rings (SSSR count). The van der Waals surface area contributed by atoms with Gasteiger partial charge in [-0.2, -0.15) is 0 Å². The van der Waals surface area contributed by atoms with Crippen LogP contribution in [0.5, 0.6) is 5.75 Å². The number of carbonyl (C=O) groups is 2. The maximum atomic E-state index is 13.2. The molecule has 0 bridgehead atoms. The van der Waals surface area contributed by atoms with Crippen molar-refractivity contribution in [3.05, 3.63) is 97.2 Å². The van der Waals surface area contributed by atoms with E-state index in [2.05, 4.69) is 4.98 Å². The maximum Gasteiger partial charge on any atom is 0.296 e. The fraction of sp³-hybridized carbons (Fsp3) is 0.125. The standard InChI is InChI=1S/C24H16Cl4N2O4/c1-34-23-15(9-13(25)10-18(23)28)21(31)19-20(12-5-6-16(26)17(27)8-12)30(24(33)22(19)32)11-14-4-2-3-7-29-14/h2-10,20,31H,11H2,1H3/b21-19+. The zero-order valence-electron chi connectivity index (χ0n) is 17.6. The number of hydrogen-bond donors (Lipinski definition) is 1. The van der Waals surface area contributed by atoms with Crippen LogP contribution in [-0.2, 0) is 16.1 Å². The third-order valence-electron chi connectivity index (χ3n) is 5.33. The molecule has 1 aliphatic heterocycles. The van der Waals surface area contributed by atoms with Gasteiger partial charge in [-0.05, 0) is 42.0 Å². The lowest BCUT2D eigenvalue weighted by atomic mass is 9.95. The number of aromatic nitrogens is 1. The van der Waals surface area contributed by atoms with Gasteiger partial charge in [0.2, 0.25) is 0 Å². The second-order valence-corrected chi connectivity index (χ2v) is 9.05. The number of aliphatic hydroxyl groups excluding tert-OH is 1. The van der Waals surface area contributed by atoms with E-state index >= 15 is 0 Å². The van der Waals surface area contributed by atoms with E-state index in [1.807, 2.05) is 0 Å². The smallest absolute Gasteiger partial charge is 0.296 e. The van der Waals surface area contributed by atoms with Crippen molar-refractivity contribution in [2.45, 2.75) is 12.6 Å². The summed E-state index contributed by atoms with van der Waals surface area (Å²) in [5.41, 5.74) is 0.924. The number of carbonyl (C=O) groups excluding carboxylic acids is 2. The summed E-state index contributed by atoms with van der Waals surface area (Å²) in [7, 11) is 1.36. The van der Waals surface area contributed by atoms with E-state index in [1.54, 1.807) is 42.6 Å². The van der Waals surface area contributed by atoms with Crippen molar-refractivity contribution in [3.8, 4) is 5.75 Å². The molecular formula is C24H16Cl4N2O4. The van der Waals surface area contributed by atoms with Crippen LogP contribution in [0.4, 0.5) is 0 Å². The largest absolute Gasteiger partial charge is 0.507 e.